The number of nitrogens with zero attached hydrogens (tertiary/aromatic N) is 1. The second-order valence-electron chi connectivity index (χ2n) is 6.28. The van der Waals surface area contributed by atoms with Gasteiger partial charge in [-0.2, -0.15) is 0 Å². The van der Waals surface area contributed by atoms with Gasteiger partial charge in [0.1, 0.15) is 5.01 Å². The maximum absolute atomic E-state index is 12.3. The van der Waals surface area contributed by atoms with Crippen molar-refractivity contribution in [2.75, 3.05) is 13.2 Å². The number of ether oxygens (including phenoxy) is 1. The highest BCUT2D eigenvalue weighted by molar-refractivity contribution is 7.17. The van der Waals surface area contributed by atoms with Crippen molar-refractivity contribution in [3.8, 4) is 21.1 Å². The predicted molar refractivity (Wildman–Crippen MR) is 117 cm³/mol. The van der Waals surface area contributed by atoms with Gasteiger partial charge in [-0.1, -0.05) is 43.3 Å². The number of hydrogen-bond acceptors (Lipinski definition) is 7. The second-order valence-corrected chi connectivity index (χ2v) is 8.31. The molecule has 0 fully saturated rings. The van der Waals surface area contributed by atoms with Crippen LogP contribution in [0, 0.1) is 0 Å². The minimum atomic E-state index is -0.676. The molecule has 3 rings (SSSR count). The fourth-order valence-corrected chi connectivity index (χ4v) is 4.43. The number of esters is 1. The number of benzene rings is 1. The molecule has 9 heteroatoms. The summed E-state index contributed by atoms with van der Waals surface area (Å²) in [4.78, 5) is 42.0. The Balaban J connectivity index is 1.65. The molecule has 0 spiro atoms. The monoisotopic (exact) mass is 443 g/mol. The minimum Gasteiger partial charge on any atom is -0.455 e. The van der Waals surface area contributed by atoms with Gasteiger partial charge in [0.15, 0.2) is 6.61 Å². The Morgan fingerprint density at radius 3 is 2.60 bits per heavy atom. The summed E-state index contributed by atoms with van der Waals surface area (Å²) in [6, 6.07) is 13.0. The van der Waals surface area contributed by atoms with Gasteiger partial charge in [0.2, 0.25) is 0 Å². The number of urea groups is 1. The molecule has 2 N–H and O–H groups in total. The molecule has 1 aromatic carbocycles. The molecule has 2 heterocycles. The lowest BCUT2D eigenvalue weighted by Gasteiger charge is -2.06. The number of rotatable bonds is 8. The first-order chi connectivity index (χ1) is 14.6. The number of carbonyl (C=O) groups is 3. The summed E-state index contributed by atoms with van der Waals surface area (Å²) in [6.45, 7) is 1.84. The fourth-order valence-electron chi connectivity index (χ4n) is 2.56. The lowest BCUT2D eigenvalue weighted by Crippen LogP contribution is -2.41. The van der Waals surface area contributed by atoms with Crippen molar-refractivity contribution in [3.63, 3.8) is 0 Å². The van der Waals surface area contributed by atoms with Crippen molar-refractivity contribution in [1.29, 1.82) is 0 Å². The molecule has 0 aliphatic heterocycles. The first kappa shape index (κ1) is 21.7. The summed E-state index contributed by atoms with van der Waals surface area (Å²) in [5.74, 6) is -1.23. The molecule has 0 aliphatic rings. The van der Waals surface area contributed by atoms with E-state index in [1.807, 2.05) is 54.8 Å². The Hall–Kier alpha value is -3.04. The third-order valence-electron chi connectivity index (χ3n) is 3.93. The zero-order valence-electron chi connectivity index (χ0n) is 16.3. The first-order valence-electron chi connectivity index (χ1n) is 9.39. The smallest absolute Gasteiger partial charge is 0.321 e. The molecule has 0 radical (unpaired) electrons. The molecule has 7 nitrogen and oxygen atoms in total. The zero-order chi connectivity index (χ0) is 21.3. The van der Waals surface area contributed by atoms with Crippen LogP contribution in [0.1, 0.15) is 18.2 Å². The van der Waals surface area contributed by atoms with Gasteiger partial charge >= 0.3 is 12.0 Å². The zero-order valence-corrected chi connectivity index (χ0v) is 18.0. The predicted octanol–water partition coefficient (Wildman–Crippen LogP) is 3.86. The highest BCUT2D eigenvalue weighted by Crippen LogP contribution is 2.36. The summed E-state index contributed by atoms with van der Waals surface area (Å²) in [5, 5.41) is 7.40. The van der Waals surface area contributed by atoms with Gasteiger partial charge in [0, 0.05) is 17.0 Å². The third-order valence-corrected chi connectivity index (χ3v) is 5.91. The average Bonchev–Trinajstić information content (AvgIpc) is 3.41. The van der Waals surface area contributed by atoms with Crippen LogP contribution in [0.15, 0.2) is 47.8 Å². The Kier molecular flexibility index (Phi) is 7.69. The molecule has 0 atom stereocenters. The SMILES string of the molecule is CCCNC(=O)NC(=O)COC(=O)Cc1sc(-c2ccccc2)nc1-c1cccs1. The summed E-state index contributed by atoms with van der Waals surface area (Å²) >= 11 is 2.96. The van der Waals surface area contributed by atoms with Crippen LogP contribution in [0.3, 0.4) is 0 Å². The van der Waals surface area contributed by atoms with Gasteiger partial charge in [-0.15, -0.1) is 22.7 Å². The summed E-state index contributed by atoms with van der Waals surface area (Å²) < 4.78 is 5.05. The number of thiazole rings is 1. The van der Waals surface area contributed by atoms with Crippen molar-refractivity contribution in [2.24, 2.45) is 0 Å². The number of hydrogen-bond donors (Lipinski definition) is 2. The van der Waals surface area contributed by atoms with Crippen LogP contribution in [-0.4, -0.2) is 36.0 Å². The van der Waals surface area contributed by atoms with E-state index in [2.05, 4.69) is 10.6 Å². The molecule has 0 bridgehead atoms. The van der Waals surface area contributed by atoms with Gasteiger partial charge in [0.05, 0.1) is 17.0 Å². The molecule has 156 valence electrons. The van der Waals surface area contributed by atoms with E-state index < -0.39 is 24.5 Å². The molecule has 3 aromatic rings. The van der Waals surface area contributed by atoms with Crippen molar-refractivity contribution >= 4 is 40.6 Å². The van der Waals surface area contributed by atoms with E-state index in [-0.39, 0.29) is 6.42 Å². The molecule has 0 aliphatic carbocycles. The van der Waals surface area contributed by atoms with Gasteiger partial charge < -0.3 is 10.1 Å². The van der Waals surface area contributed by atoms with Crippen molar-refractivity contribution in [3.05, 3.63) is 52.7 Å². The fraction of sp³-hybridized carbons (Fsp3) is 0.238. The third kappa shape index (κ3) is 5.98. The van der Waals surface area contributed by atoms with Crippen LogP contribution in [0.5, 0.6) is 0 Å². The molecule has 0 unspecified atom stereocenters. The lowest BCUT2D eigenvalue weighted by molar-refractivity contribution is -0.147. The van der Waals surface area contributed by atoms with Crippen molar-refractivity contribution < 1.29 is 19.1 Å². The van der Waals surface area contributed by atoms with Crippen LogP contribution >= 0.6 is 22.7 Å². The van der Waals surface area contributed by atoms with Crippen LogP contribution in [0.4, 0.5) is 4.79 Å². The molecular weight excluding hydrogens is 422 g/mol. The number of aromatic nitrogens is 1. The number of nitrogens with one attached hydrogen (secondary N) is 2. The van der Waals surface area contributed by atoms with Crippen molar-refractivity contribution in [2.45, 2.75) is 19.8 Å². The maximum Gasteiger partial charge on any atom is 0.321 e. The van der Waals surface area contributed by atoms with E-state index in [0.717, 1.165) is 32.4 Å². The highest BCUT2D eigenvalue weighted by Gasteiger charge is 2.19. The first-order valence-corrected chi connectivity index (χ1v) is 11.1. The summed E-state index contributed by atoms with van der Waals surface area (Å²) in [6.07, 6.45) is 0.746. The van der Waals surface area contributed by atoms with Crippen LogP contribution in [0.2, 0.25) is 0 Å². The molecule has 2 aromatic heterocycles. The van der Waals surface area contributed by atoms with Gasteiger partial charge in [-0.05, 0) is 17.9 Å². The van der Waals surface area contributed by atoms with E-state index in [4.69, 9.17) is 9.72 Å². The quantitative estimate of drug-likeness (QED) is 0.515. The van der Waals surface area contributed by atoms with E-state index >= 15 is 0 Å². The van der Waals surface area contributed by atoms with Gasteiger partial charge in [0.25, 0.3) is 5.91 Å². The van der Waals surface area contributed by atoms with Crippen LogP contribution in [-0.2, 0) is 20.7 Å². The van der Waals surface area contributed by atoms with Gasteiger partial charge in [-0.3, -0.25) is 14.9 Å². The summed E-state index contributed by atoms with van der Waals surface area (Å²) in [7, 11) is 0. The number of thiophene rings is 1. The Morgan fingerprint density at radius 2 is 1.90 bits per heavy atom. The highest BCUT2D eigenvalue weighted by atomic mass is 32.1. The average molecular weight is 444 g/mol. The molecule has 3 amide bonds. The van der Waals surface area contributed by atoms with Crippen LogP contribution in [0.25, 0.3) is 21.1 Å². The van der Waals surface area contributed by atoms with E-state index in [0.29, 0.717) is 6.54 Å². The maximum atomic E-state index is 12.3. The van der Waals surface area contributed by atoms with E-state index in [1.54, 1.807) is 11.3 Å². The standard InChI is InChI=1S/C21H21N3O4S2/c1-2-10-22-21(27)23-17(25)13-28-18(26)12-16-19(15-9-6-11-29-15)24-20(30-16)14-7-4-3-5-8-14/h3-9,11H,2,10,12-13H2,1H3,(H2,22,23,25,27). The Labute approximate surface area is 182 Å². The molecule has 30 heavy (non-hydrogen) atoms. The number of carbonyl (C=O) groups excluding carboxylic acids is 3. The number of amides is 3. The molecule has 0 saturated heterocycles. The summed E-state index contributed by atoms with van der Waals surface area (Å²) in [5.41, 5.74) is 1.71. The second kappa shape index (κ2) is 10.7. The topological polar surface area (TPSA) is 97.4 Å². The Morgan fingerprint density at radius 1 is 1.10 bits per heavy atom. The largest absolute Gasteiger partial charge is 0.455 e. The lowest BCUT2D eigenvalue weighted by atomic mass is 10.2. The van der Waals surface area contributed by atoms with E-state index in [1.165, 1.54) is 11.3 Å². The van der Waals surface area contributed by atoms with Crippen molar-refractivity contribution in [1.82, 2.24) is 15.6 Å². The van der Waals surface area contributed by atoms with Crippen LogP contribution < -0.4 is 10.6 Å². The normalized spacial score (nSPS) is 10.4. The Bertz CT molecular complexity index is 1000. The molecule has 0 saturated carbocycles. The minimum absolute atomic E-state index is 0.00690. The van der Waals surface area contributed by atoms with Gasteiger partial charge in [-0.25, -0.2) is 9.78 Å². The number of imide groups is 1. The molecular formula is C21H21N3O4S2. The van der Waals surface area contributed by atoms with E-state index in [9.17, 15) is 14.4 Å².